The Morgan fingerprint density at radius 2 is 1.81 bits per heavy atom. The predicted octanol–water partition coefficient (Wildman–Crippen LogP) is -0.231. The van der Waals surface area contributed by atoms with Gasteiger partial charge in [0, 0.05) is 28.9 Å². The zero-order valence-corrected chi connectivity index (χ0v) is 14.1. The van der Waals surface area contributed by atoms with E-state index in [9.17, 15) is 21.0 Å². The van der Waals surface area contributed by atoms with Gasteiger partial charge in [-0.3, -0.25) is 4.21 Å². The van der Waals surface area contributed by atoms with Gasteiger partial charge >= 0.3 is 0 Å². The van der Waals surface area contributed by atoms with E-state index in [1.807, 2.05) is 0 Å². The van der Waals surface area contributed by atoms with Crippen molar-refractivity contribution in [3.05, 3.63) is 24.3 Å². The molecule has 0 aliphatic heterocycles. The number of primary sulfonamides is 1. The second-order valence-electron chi connectivity index (χ2n) is 4.61. The summed E-state index contributed by atoms with van der Waals surface area (Å²) in [7, 11) is -8.83. The first-order chi connectivity index (χ1) is 9.52. The van der Waals surface area contributed by atoms with Crippen LogP contribution in [0.2, 0.25) is 0 Å². The van der Waals surface area contributed by atoms with Crippen LogP contribution in [-0.4, -0.2) is 39.1 Å². The highest BCUT2D eigenvalue weighted by molar-refractivity contribution is 7.90. The number of rotatable bonds is 7. The maximum absolute atomic E-state index is 12.1. The van der Waals surface area contributed by atoms with Crippen molar-refractivity contribution < 1.29 is 21.0 Å². The first-order valence-electron chi connectivity index (χ1n) is 5.97. The summed E-state index contributed by atoms with van der Waals surface area (Å²) >= 11 is 0. The maximum Gasteiger partial charge on any atom is 0.240 e. The van der Waals surface area contributed by atoms with E-state index < -0.39 is 36.9 Å². The van der Waals surface area contributed by atoms with E-state index in [-0.39, 0.29) is 9.79 Å². The molecule has 0 saturated carbocycles. The number of sulfonamides is 2. The van der Waals surface area contributed by atoms with Crippen molar-refractivity contribution in [2.75, 3.05) is 12.0 Å². The molecule has 7 nitrogen and oxygen atoms in total. The van der Waals surface area contributed by atoms with E-state index in [0.29, 0.717) is 12.2 Å². The Morgan fingerprint density at radius 3 is 2.33 bits per heavy atom. The SMILES string of the molecule is CC(CCS(C)=O)NS(=O)(=O)c1cccc(S(N)(=O)=O)c1. The van der Waals surface area contributed by atoms with Crippen LogP contribution in [0.1, 0.15) is 13.3 Å². The molecule has 1 aromatic rings. The van der Waals surface area contributed by atoms with Gasteiger partial charge < -0.3 is 0 Å². The first-order valence-corrected chi connectivity index (χ1v) is 10.7. The summed E-state index contributed by atoms with van der Waals surface area (Å²) in [6.45, 7) is 1.65. The van der Waals surface area contributed by atoms with Crippen molar-refractivity contribution in [2.24, 2.45) is 5.14 Å². The lowest BCUT2D eigenvalue weighted by Crippen LogP contribution is -2.33. The van der Waals surface area contributed by atoms with Crippen molar-refractivity contribution in [1.82, 2.24) is 4.72 Å². The molecule has 3 N–H and O–H groups in total. The molecule has 0 fully saturated rings. The molecule has 0 aromatic heterocycles. The number of nitrogens with one attached hydrogen (secondary N) is 1. The number of benzene rings is 1. The minimum Gasteiger partial charge on any atom is -0.260 e. The molecule has 0 amide bonds. The lowest BCUT2D eigenvalue weighted by molar-refractivity contribution is 0.555. The third kappa shape index (κ3) is 5.83. The molecule has 1 rings (SSSR count). The molecule has 0 radical (unpaired) electrons. The highest BCUT2D eigenvalue weighted by atomic mass is 32.2. The van der Waals surface area contributed by atoms with Gasteiger partial charge in [-0.15, -0.1) is 0 Å². The molecular formula is C11H18N2O5S3. The Kier molecular flexibility index (Phi) is 6.05. The molecule has 0 aliphatic rings. The first kappa shape index (κ1) is 18.2. The summed E-state index contributed by atoms with van der Waals surface area (Å²) in [5.74, 6) is 0.376. The van der Waals surface area contributed by atoms with Gasteiger partial charge in [0.2, 0.25) is 20.0 Å². The fourth-order valence-corrected chi connectivity index (χ4v) is 4.20. The van der Waals surface area contributed by atoms with Gasteiger partial charge in [0.1, 0.15) is 0 Å². The molecule has 0 heterocycles. The van der Waals surface area contributed by atoms with Crippen LogP contribution in [-0.2, 0) is 30.8 Å². The van der Waals surface area contributed by atoms with Crippen LogP contribution in [0.15, 0.2) is 34.1 Å². The second-order valence-corrected chi connectivity index (χ2v) is 9.44. The molecule has 0 spiro atoms. The number of hydrogen-bond donors (Lipinski definition) is 2. The van der Waals surface area contributed by atoms with Crippen molar-refractivity contribution in [3.63, 3.8) is 0 Å². The van der Waals surface area contributed by atoms with E-state index >= 15 is 0 Å². The summed E-state index contributed by atoms with van der Waals surface area (Å²) in [4.78, 5) is -0.453. The van der Waals surface area contributed by atoms with Crippen molar-refractivity contribution in [3.8, 4) is 0 Å². The minimum absolute atomic E-state index is 0.182. The van der Waals surface area contributed by atoms with Crippen LogP contribution >= 0.6 is 0 Å². The summed E-state index contributed by atoms with van der Waals surface area (Å²) in [6, 6.07) is 4.39. The van der Waals surface area contributed by atoms with Crippen LogP contribution in [0.5, 0.6) is 0 Å². The van der Waals surface area contributed by atoms with Gasteiger partial charge in [-0.25, -0.2) is 26.7 Å². The highest BCUT2D eigenvalue weighted by Crippen LogP contribution is 2.15. The third-order valence-electron chi connectivity index (χ3n) is 2.64. The van der Waals surface area contributed by atoms with Crippen LogP contribution in [0.3, 0.4) is 0 Å². The minimum atomic E-state index is -3.97. The number of nitrogens with two attached hydrogens (primary N) is 1. The summed E-state index contributed by atoms with van der Waals surface area (Å²) in [5, 5.41) is 4.97. The lowest BCUT2D eigenvalue weighted by Gasteiger charge is -2.14. The van der Waals surface area contributed by atoms with Crippen LogP contribution < -0.4 is 9.86 Å². The van der Waals surface area contributed by atoms with Gasteiger partial charge in [0.15, 0.2) is 0 Å². The number of hydrogen-bond acceptors (Lipinski definition) is 5. The molecule has 2 atom stereocenters. The highest BCUT2D eigenvalue weighted by Gasteiger charge is 2.19. The standard InChI is InChI=1S/C11H18N2O5S3/c1-9(6-7-19(2)14)13-21(17,18)11-5-3-4-10(8-11)20(12,15)16/h3-5,8-9,13H,6-7H2,1-2H3,(H2,12,15,16). The van der Waals surface area contributed by atoms with Gasteiger partial charge in [0.25, 0.3) is 0 Å². The third-order valence-corrected chi connectivity index (χ3v) is 5.95. The fourth-order valence-electron chi connectivity index (χ4n) is 1.55. The largest absolute Gasteiger partial charge is 0.260 e. The average molecular weight is 354 g/mol. The zero-order chi connectivity index (χ0) is 16.3. The summed E-state index contributed by atoms with van der Waals surface area (Å²) < 4.78 is 60.2. The second kappa shape index (κ2) is 6.97. The smallest absolute Gasteiger partial charge is 0.240 e. The Morgan fingerprint density at radius 1 is 1.24 bits per heavy atom. The predicted molar refractivity (Wildman–Crippen MR) is 81.1 cm³/mol. The summed E-state index contributed by atoms with van der Waals surface area (Å²) in [5.41, 5.74) is 0. The van der Waals surface area contributed by atoms with E-state index in [2.05, 4.69) is 4.72 Å². The fraction of sp³-hybridized carbons (Fsp3) is 0.455. The van der Waals surface area contributed by atoms with Crippen molar-refractivity contribution >= 4 is 30.8 Å². The summed E-state index contributed by atoms with van der Waals surface area (Å²) in [6.07, 6.45) is 1.95. The van der Waals surface area contributed by atoms with E-state index in [0.717, 1.165) is 6.07 Å². The maximum atomic E-state index is 12.1. The zero-order valence-electron chi connectivity index (χ0n) is 11.6. The monoisotopic (exact) mass is 354 g/mol. The van der Waals surface area contributed by atoms with E-state index in [4.69, 9.17) is 5.14 Å². The molecule has 0 saturated heterocycles. The molecular weight excluding hydrogens is 336 g/mol. The molecule has 2 unspecified atom stereocenters. The molecule has 0 bridgehead atoms. The Bertz CT molecular complexity index is 728. The molecule has 21 heavy (non-hydrogen) atoms. The van der Waals surface area contributed by atoms with Gasteiger partial charge in [0.05, 0.1) is 9.79 Å². The molecule has 1 aromatic carbocycles. The van der Waals surface area contributed by atoms with Crippen LogP contribution in [0.4, 0.5) is 0 Å². The van der Waals surface area contributed by atoms with E-state index in [1.165, 1.54) is 24.5 Å². The van der Waals surface area contributed by atoms with E-state index in [1.54, 1.807) is 6.92 Å². The Balaban J connectivity index is 2.96. The normalized spacial score (nSPS) is 15.6. The van der Waals surface area contributed by atoms with Gasteiger partial charge in [-0.05, 0) is 31.5 Å². The van der Waals surface area contributed by atoms with Crippen molar-refractivity contribution in [2.45, 2.75) is 29.2 Å². The topological polar surface area (TPSA) is 123 Å². The van der Waals surface area contributed by atoms with Gasteiger partial charge in [-0.1, -0.05) is 6.07 Å². The van der Waals surface area contributed by atoms with Crippen LogP contribution in [0.25, 0.3) is 0 Å². The molecule has 0 aliphatic carbocycles. The van der Waals surface area contributed by atoms with Crippen LogP contribution in [0, 0.1) is 0 Å². The Hall–Kier alpha value is -0.810. The quantitative estimate of drug-likeness (QED) is 0.700. The molecule has 10 heteroatoms. The molecule has 120 valence electrons. The average Bonchev–Trinajstić information content (AvgIpc) is 2.35. The lowest BCUT2D eigenvalue weighted by atomic mass is 10.3. The van der Waals surface area contributed by atoms with Gasteiger partial charge in [-0.2, -0.15) is 0 Å². The Labute approximate surface area is 127 Å². The van der Waals surface area contributed by atoms with Crippen molar-refractivity contribution in [1.29, 1.82) is 0 Å².